The molecule has 0 aliphatic rings. The van der Waals surface area contributed by atoms with Crippen molar-refractivity contribution in [3.63, 3.8) is 0 Å². The van der Waals surface area contributed by atoms with E-state index in [9.17, 15) is 9.90 Å². The number of ether oxygens (including phenoxy) is 2. The molecule has 0 atom stereocenters. The van der Waals surface area contributed by atoms with Gasteiger partial charge in [-0.15, -0.1) is 0 Å². The summed E-state index contributed by atoms with van der Waals surface area (Å²) < 4.78 is 11.0. The molecule has 0 bridgehead atoms. The van der Waals surface area contributed by atoms with Crippen molar-refractivity contribution in [2.24, 2.45) is 0 Å². The van der Waals surface area contributed by atoms with E-state index < -0.39 is 0 Å². The lowest BCUT2D eigenvalue weighted by atomic mass is 10.1. The Morgan fingerprint density at radius 3 is 2.54 bits per heavy atom. The van der Waals surface area contributed by atoms with Crippen LogP contribution in [0.5, 0.6) is 17.2 Å². The van der Waals surface area contributed by atoms with Gasteiger partial charge in [0.05, 0.1) is 23.8 Å². The second kappa shape index (κ2) is 8.41. The summed E-state index contributed by atoms with van der Waals surface area (Å²) in [6.07, 6.45) is 3.08. The zero-order valence-corrected chi connectivity index (χ0v) is 14.3. The third-order valence-corrected chi connectivity index (χ3v) is 3.53. The van der Waals surface area contributed by atoms with Gasteiger partial charge in [-0.25, -0.2) is 0 Å². The van der Waals surface area contributed by atoms with Crippen LogP contribution in [0.25, 0.3) is 6.08 Å². The summed E-state index contributed by atoms with van der Waals surface area (Å²) in [5, 5.41) is 9.66. The quantitative estimate of drug-likeness (QED) is 0.581. The Morgan fingerprint density at radius 2 is 1.88 bits per heavy atom. The summed E-state index contributed by atoms with van der Waals surface area (Å²) in [7, 11) is 0. The average Bonchev–Trinajstić information content (AvgIpc) is 2.57. The Labute approximate surface area is 146 Å². The van der Waals surface area contributed by atoms with Gasteiger partial charge in [-0.05, 0) is 55.8 Å². The molecule has 0 spiro atoms. The van der Waals surface area contributed by atoms with Gasteiger partial charge in [-0.1, -0.05) is 23.7 Å². The van der Waals surface area contributed by atoms with Crippen LogP contribution < -0.4 is 9.47 Å². The van der Waals surface area contributed by atoms with Crippen LogP contribution in [-0.4, -0.2) is 24.1 Å². The molecule has 24 heavy (non-hydrogen) atoms. The van der Waals surface area contributed by atoms with Gasteiger partial charge in [0, 0.05) is 0 Å². The van der Waals surface area contributed by atoms with Crippen molar-refractivity contribution in [3.8, 4) is 17.2 Å². The summed E-state index contributed by atoms with van der Waals surface area (Å²) in [6.45, 7) is 4.72. The molecule has 1 N–H and O–H groups in total. The van der Waals surface area contributed by atoms with Crippen molar-refractivity contribution in [1.29, 1.82) is 0 Å². The van der Waals surface area contributed by atoms with Crippen LogP contribution in [-0.2, 0) is 0 Å². The van der Waals surface area contributed by atoms with Gasteiger partial charge < -0.3 is 14.6 Å². The molecule has 0 aliphatic heterocycles. The van der Waals surface area contributed by atoms with Crippen molar-refractivity contribution in [1.82, 2.24) is 0 Å². The maximum absolute atomic E-state index is 12.5. The molecule has 2 rings (SSSR count). The van der Waals surface area contributed by atoms with Gasteiger partial charge in [0.25, 0.3) is 0 Å². The standard InChI is InChI=1S/C19H19ClO4/c1-3-23-14-7-10-19(24-4-2)15(12-14)17(21)8-5-13-6-9-18(22)16(20)11-13/h5-12,22H,3-4H2,1-2H3/b8-5+. The predicted octanol–water partition coefficient (Wildman–Crippen LogP) is 4.74. The average molecular weight is 347 g/mol. The van der Waals surface area contributed by atoms with E-state index in [2.05, 4.69) is 0 Å². The molecule has 0 saturated heterocycles. The summed E-state index contributed by atoms with van der Waals surface area (Å²) in [6, 6.07) is 9.91. The highest BCUT2D eigenvalue weighted by Crippen LogP contribution is 2.27. The Morgan fingerprint density at radius 1 is 1.12 bits per heavy atom. The highest BCUT2D eigenvalue weighted by atomic mass is 35.5. The molecule has 0 fully saturated rings. The summed E-state index contributed by atoms with van der Waals surface area (Å²) in [4.78, 5) is 12.5. The Hall–Kier alpha value is -2.46. The van der Waals surface area contributed by atoms with Crippen molar-refractivity contribution in [3.05, 3.63) is 58.6 Å². The maximum atomic E-state index is 12.5. The minimum Gasteiger partial charge on any atom is -0.506 e. The monoisotopic (exact) mass is 346 g/mol. The zero-order valence-electron chi connectivity index (χ0n) is 13.6. The number of carbonyl (C=O) groups excluding carboxylic acids is 1. The summed E-state index contributed by atoms with van der Waals surface area (Å²) in [5.74, 6) is 0.928. The summed E-state index contributed by atoms with van der Waals surface area (Å²) >= 11 is 5.86. The lowest BCUT2D eigenvalue weighted by molar-refractivity contribution is 0.104. The molecule has 0 saturated carbocycles. The molecule has 0 aromatic heterocycles. The number of phenolic OH excluding ortho intramolecular Hbond substituents is 1. The highest BCUT2D eigenvalue weighted by Gasteiger charge is 2.12. The van der Waals surface area contributed by atoms with E-state index >= 15 is 0 Å². The molecule has 2 aromatic rings. The van der Waals surface area contributed by atoms with Crippen LogP contribution in [0.3, 0.4) is 0 Å². The second-order valence-electron chi connectivity index (χ2n) is 4.93. The van der Waals surface area contributed by atoms with Gasteiger partial charge >= 0.3 is 0 Å². The Bertz CT molecular complexity index is 753. The van der Waals surface area contributed by atoms with E-state index in [0.717, 1.165) is 0 Å². The number of ketones is 1. The van der Waals surface area contributed by atoms with Gasteiger partial charge in [0.2, 0.25) is 0 Å². The van der Waals surface area contributed by atoms with Crippen LogP contribution in [0.1, 0.15) is 29.8 Å². The normalized spacial score (nSPS) is 10.8. The third kappa shape index (κ3) is 4.52. The van der Waals surface area contributed by atoms with Gasteiger partial charge in [-0.3, -0.25) is 4.79 Å². The van der Waals surface area contributed by atoms with Gasteiger partial charge in [0.1, 0.15) is 17.2 Å². The number of carbonyl (C=O) groups is 1. The minimum absolute atomic E-state index is 0.00295. The van der Waals surface area contributed by atoms with Crippen molar-refractivity contribution >= 4 is 23.5 Å². The second-order valence-corrected chi connectivity index (χ2v) is 5.34. The molecule has 4 nitrogen and oxygen atoms in total. The van der Waals surface area contributed by atoms with Gasteiger partial charge in [0.15, 0.2) is 5.78 Å². The number of allylic oxidation sites excluding steroid dienone is 1. The number of phenols is 1. The molecule has 0 unspecified atom stereocenters. The SMILES string of the molecule is CCOc1ccc(OCC)c(C(=O)/C=C/c2ccc(O)c(Cl)c2)c1. The Kier molecular flexibility index (Phi) is 6.27. The predicted molar refractivity (Wildman–Crippen MR) is 95.3 cm³/mol. The topological polar surface area (TPSA) is 55.8 Å². The fraction of sp³-hybridized carbons (Fsp3) is 0.211. The van der Waals surface area contributed by atoms with Crippen molar-refractivity contribution in [2.75, 3.05) is 13.2 Å². The molecular formula is C19H19ClO4. The number of benzene rings is 2. The Balaban J connectivity index is 2.27. The first-order valence-corrected chi connectivity index (χ1v) is 8.03. The van der Waals surface area contributed by atoms with Crippen molar-refractivity contribution < 1.29 is 19.4 Å². The first-order valence-electron chi connectivity index (χ1n) is 7.65. The van der Waals surface area contributed by atoms with Crippen LogP contribution in [0.15, 0.2) is 42.5 Å². The van der Waals surface area contributed by atoms with Crippen LogP contribution in [0, 0.1) is 0 Å². The lowest BCUT2D eigenvalue weighted by Gasteiger charge is -2.10. The van der Waals surface area contributed by atoms with Gasteiger partial charge in [-0.2, -0.15) is 0 Å². The molecule has 126 valence electrons. The number of aromatic hydroxyl groups is 1. The van der Waals surface area contributed by atoms with E-state index in [0.29, 0.717) is 35.8 Å². The summed E-state index contributed by atoms with van der Waals surface area (Å²) in [5.41, 5.74) is 1.15. The van der Waals surface area contributed by atoms with Crippen LogP contribution >= 0.6 is 11.6 Å². The third-order valence-electron chi connectivity index (χ3n) is 3.23. The maximum Gasteiger partial charge on any atom is 0.189 e. The number of hydrogen-bond acceptors (Lipinski definition) is 4. The fourth-order valence-electron chi connectivity index (χ4n) is 2.13. The first-order chi connectivity index (χ1) is 11.5. The molecular weight excluding hydrogens is 328 g/mol. The van der Waals surface area contributed by atoms with Crippen LogP contribution in [0.4, 0.5) is 0 Å². The van der Waals surface area contributed by atoms with E-state index in [4.69, 9.17) is 21.1 Å². The minimum atomic E-state index is -0.204. The van der Waals surface area contributed by atoms with E-state index in [1.54, 1.807) is 36.4 Å². The van der Waals surface area contributed by atoms with E-state index in [1.165, 1.54) is 12.1 Å². The fourth-order valence-corrected chi connectivity index (χ4v) is 2.32. The molecule has 0 aliphatic carbocycles. The molecule has 0 amide bonds. The van der Waals surface area contributed by atoms with Crippen molar-refractivity contribution in [2.45, 2.75) is 13.8 Å². The molecule has 5 heteroatoms. The van der Waals surface area contributed by atoms with Crippen LogP contribution in [0.2, 0.25) is 5.02 Å². The first kappa shape index (κ1) is 17.9. The largest absolute Gasteiger partial charge is 0.506 e. The van der Waals surface area contributed by atoms with E-state index in [1.807, 2.05) is 13.8 Å². The lowest BCUT2D eigenvalue weighted by Crippen LogP contribution is -2.03. The van der Waals surface area contributed by atoms with E-state index in [-0.39, 0.29) is 16.6 Å². The molecule has 0 heterocycles. The zero-order chi connectivity index (χ0) is 17.5. The number of rotatable bonds is 7. The number of halogens is 1. The smallest absolute Gasteiger partial charge is 0.189 e. The number of hydrogen-bond donors (Lipinski definition) is 1. The highest BCUT2D eigenvalue weighted by molar-refractivity contribution is 6.32. The molecule has 2 aromatic carbocycles. The molecule has 0 radical (unpaired) electrons.